The van der Waals surface area contributed by atoms with E-state index in [1.165, 1.54) is 32.1 Å². The van der Waals surface area contributed by atoms with Crippen LogP contribution in [0.25, 0.3) is 0 Å². The molecule has 0 bridgehead atoms. The van der Waals surface area contributed by atoms with E-state index in [0.29, 0.717) is 18.2 Å². The highest BCUT2D eigenvalue weighted by molar-refractivity contribution is 5.92. The minimum atomic E-state index is -0.212. The molecule has 7 heteroatoms. The van der Waals surface area contributed by atoms with Crippen molar-refractivity contribution >= 4 is 5.91 Å². The van der Waals surface area contributed by atoms with Crippen molar-refractivity contribution in [3.05, 3.63) is 66.2 Å². The minimum Gasteiger partial charge on any atom is -0.342 e. The first-order valence-corrected chi connectivity index (χ1v) is 10.0. The van der Waals surface area contributed by atoms with Crippen LogP contribution in [-0.4, -0.2) is 30.7 Å². The van der Waals surface area contributed by atoms with E-state index in [2.05, 4.69) is 20.7 Å². The van der Waals surface area contributed by atoms with Gasteiger partial charge in [0.1, 0.15) is 0 Å². The van der Waals surface area contributed by atoms with E-state index in [1.54, 1.807) is 12.4 Å². The molecule has 1 aromatic carbocycles. The van der Waals surface area contributed by atoms with Crippen molar-refractivity contribution in [3.63, 3.8) is 0 Å². The summed E-state index contributed by atoms with van der Waals surface area (Å²) in [6.45, 7) is 1.40. The lowest BCUT2D eigenvalue weighted by atomic mass is 9.89. The fraction of sp³-hybridized carbons (Fsp3) is 0.429. The molecule has 0 aliphatic heterocycles. The van der Waals surface area contributed by atoms with E-state index in [4.69, 9.17) is 0 Å². The second-order valence-electron chi connectivity index (χ2n) is 7.49. The maximum absolute atomic E-state index is 12.8. The zero-order valence-corrected chi connectivity index (χ0v) is 15.9. The molecule has 2 aromatic heterocycles. The summed E-state index contributed by atoms with van der Waals surface area (Å²) in [6.07, 6.45) is 11.8. The van der Waals surface area contributed by atoms with Crippen molar-refractivity contribution in [1.29, 1.82) is 0 Å². The Kier molecular flexibility index (Phi) is 5.80. The average Bonchev–Trinajstić information content (AvgIpc) is 3.41. The lowest BCUT2D eigenvalue weighted by Gasteiger charge is -2.20. The molecule has 1 aliphatic carbocycles. The summed E-state index contributed by atoms with van der Waals surface area (Å²) >= 11 is 0. The summed E-state index contributed by atoms with van der Waals surface area (Å²) in [6, 6.07) is 11.6. The van der Waals surface area contributed by atoms with Gasteiger partial charge >= 0.3 is 0 Å². The molecule has 4 rings (SSSR count). The molecule has 1 saturated carbocycles. The molecule has 0 radical (unpaired) electrons. The first-order valence-electron chi connectivity index (χ1n) is 10.0. The summed E-state index contributed by atoms with van der Waals surface area (Å²) in [5.41, 5.74) is 1.39. The van der Waals surface area contributed by atoms with Crippen molar-refractivity contribution in [2.75, 3.05) is 0 Å². The molecule has 28 heavy (non-hydrogen) atoms. The van der Waals surface area contributed by atoms with Gasteiger partial charge in [-0.3, -0.25) is 14.2 Å². The van der Waals surface area contributed by atoms with Crippen LogP contribution in [0.5, 0.6) is 0 Å². The van der Waals surface area contributed by atoms with Crippen LogP contribution >= 0.6 is 0 Å². The Morgan fingerprint density at radius 3 is 2.68 bits per heavy atom. The van der Waals surface area contributed by atoms with Crippen LogP contribution in [0.15, 0.2) is 55.0 Å². The van der Waals surface area contributed by atoms with E-state index in [0.717, 1.165) is 12.1 Å². The van der Waals surface area contributed by atoms with Crippen LogP contribution < -0.4 is 5.32 Å². The largest absolute Gasteiger partial charge is 0.342 e. The molecule has 1 N–H and O–H groups in total. The van der Waals surface area contributed by atoms with Gasteiger partial charge in [-0.2, -0.15) is 5.10 Å². The summed E-state index contributed by atoms with van der Waals surface area (Å²) in [5, 5.41) is 15.6. The minimum absolute atomic E-state index is 0.197. The molecule has 1 amide bonds. The van der Waals surface area contributed by atoms with Gasteiger partial charge in [0.15, 0.2) is 5.69 Å². The number of nitrogens with one attached hydrogen (secondary N) is 1. The van der Waals surface area contributed by atoms with Crippen LogP contribution in [0.4, 0.5) is 0 Å². The SMILES string of the molecule is O=C(NC(Cn1cccn1)c1ccccc1)c1cn(CC2CCCCC2)nn1. The molecular formula is C21H26N6O. The number of rotatable bonds is 7. The van der Waals surface area contributed by atoms with Crippen molar-refractivity contribution in [3.8, 4) is 0 Å². The maximum Gasteiger partial charge on any atom is 0.274 e. The predicted molar refractivity (Wildman–Crippen MR) is 105 cm³/mol. The summed E-state index contributed by atoms with van der Waals surface area (Å²) in [4.78, 5) is 12.8. The van der Waals surface area contributed by atoms with Gasteiger partial charge in [-0.05, 0) is 30.4 Å². The van der Waals surface area contributed by atoms with Crippen LogP contribution in [0, 0.1) is 5.92 Å². The van der Waals surface area contributed by atoms with Crippen molar-refractivity contribution in [2.24, 2.45) is 5.92 Å². The van der Waals surface area contributed by atoms with Crippen LogP contribution in [0.1, 0.15) is 54.2 Å². The molecule has 1 atom stereocenters. The van der Waals surface area contributed by atoms with Crippen molar-refractivity contribution in [2.45, 2.75) is 51.2 Å². The number of benzene rings is 1. The Morgan fingerprint density at radius 1 is 1.11 bits per heavy atom. The molecule has 7 nitrogen and oxygen atoms in total. The number of carbonyl (C=O) groups excluding carboxylic acids is 1. The van der Waals surface area contributed by atoms with Gasteiger partial charge in [0.2, 0.25) is 0 Å². The van der Waals surface area contributed by atoms with Gasteiger partial charge in [-0.1, -0.05) is 54.8 Å². The molecule has 1 aliphatic rings. The smallest absolute Gasteiger partial charge is 0.274 e. The summed E-state index contributed by atoms with van der Waals surface area (Å²) < 4.78 is 3.63. The lowest BCUT2D eigenvalue weighted by molar-refractivity contribution is 0.0926. The van der Waals surface area contributed by atoms with E-state index < -0.39 is 0 Å². The highest BCUT2D eigenvalue weighted by Crippen LogP contribution is 2.24. The quantitative estimate of drug-likeness (QED) is 0.685. The van der Waals surface area contributed by atoms with Gasteiger partial charge in [0.05, 0.1) is 18.8 Å². The number of amides is 1. The van der Waals surface area contributed by atoms with E-state index in [1.807, 2.05) is 52.0 Å². The molecule has 1 fully saturated rings. The Morgan fingerprint density at radius 2 is 1.93 bits per heavy atom. The third-order valence-corrected chi connectivity index (χ3v) is 5.38. The highest BCUT2D eigenvalue weighted by atomic mass is 16.2. The lowest BCUT2D eigenvalue weighted by Crippen LogP contribution is -2.31. The van der Waals surface area contributed by atoms with Crippen LogP contribution in [-0.2, 0) is 13.1 Å². The standard InChI is InChI=1S/C21H26N6O/c28-21(20-16-27(25-24-20)14-17-8-3-1-4-9-17)23-19(15-26-13-7-12-22-26)18-10-5-2-6-11-18/h2,5-7,10-13,16-17,19H,1,3-4,8-9,14-15H2,(H,23,28). The predicted octanol–water partition coefficient (Wildman–Crippen LogP) is 3.23. The zero-order valence-electron chi connectivity index (χ0n) is 15.9. The van der Waals surface area contributed by atoms with Crippen LogP contribution in [0.3, 0.4) is 0 Å². The third kappa shape index (κ3) is 4.65. The number of carbonyl (C=O) groups is 1. The van der Waals surface area contributed by atoms with E-state index >= 15 is 0 Å². The molecule has 146 valence electrons. The normalized spacial score (nSPS) is 16.0. The molecule has 0 spiro atoms. The van der Waals surface area contributed by atoms with Gasteiger partial charge in [0, 0.05) is 18.9 Å². The maximum atomic E-state index is 12.8. The van der Waals surface area contributed by atoms with E-state index in [-0.39, 0.29) is 11.9 Å². The van der Waals surface area contributed by atoms with Gasteiger partial charge < -0.3 is 5.32 Å². The first kappa shape index (κ1) is 18.4. The second-order valence-corrected chi connectivity index (χ2v) is 7.49. The number of nitrogens with zero attached hydrogens (tertiary/aromatic N) is 5. The number of hydrogen-bond donors (Lipinski definition) is 1. The Bertz CT molecular complexity index is 867. The number of aromatic nitrogens is 5. The van der Waals surface area contributed by atoms with Gasteiger partial charge in [0.25, 0.3) is 5.91 Å². The first-order chi connectivity index (χ1) is 13.8. The molecular weight excluding hydrogens is 352 g/mol. The van der Waals surface area contributed by atoms with E-state index in [9.17, 15) is 4.79 Å². The fourth-order valence-corrected chi connectivity index (χ4v) is 3.87. The van der Waals surface area contributed by atoms with Crippen molar-refractivity contribution in [1.82, 2.24) is 30.1 Å². The van der Waals surface area contributed by atoms with Crippen molar-refractivity contribution < 1.29 is 4.79 Å². The highest BCUT2D eigenvalue weighted by Gasteiger charge is 2.20. The second kappa shape index (κ2) is 8.82. The Hall–Kier alpha value is -2.96. The van der Waals surface area contributed by atoms with Gasteiger partial charge in [-0.25, -0.2) is 0 Å². The Balaban J connectivity index is 1.43. The average molecular weight is 378 g/mol. The van der Waals surface area contributed by atoms with Crippen LogP contribution in [0.2, 0.25) is 0 Å². The summed E-state index contributed by atoms with van der Waals surface area (Å²) in [5.74, 6) is 0.430. The fourth-order valence-electron chi connectivity index (χ4n) is 3.87. The van der Waals surface area contributed by atoms with Gasteiger partial charge in [-0.15, -0.1) is 5.10 Å². The monoisotopic (exact) mass is 378 g/mol. The molecule has 1 unspecified atom stereocenters. The molecule has 3 aromatic rings. The molecule has 2 heterocycles. The summed E-state index contributed by atoms with van der Waals surface area (Å²) in [7, 11) is 0. The third-order valence-electron chi connectivity index (χ3n) is 5.38. The Labute approximate surface area is 164 Å². The number of hydrogen-bond acceptors (Lipinski definition) is 4. The molecule has 0 saturated heterocycles. The zero-order chi connectivity index (χ0) is 19.2. The topological polar surface area (TPSA) is 77.6 Å².